The van der Waals surface area contributed by atoms with Crippen LogP contribution in [0.5, 0.6) is 0 Å². The molecule has 9 rings (SSSR count). The summed E-state index contributed by atoms with van der Waals surface area (Å²) >= 11 is 0. The number of hydrogen-bond donors (Lipinski definition) is 0. The lowest BCUT2D eigenvalue weighted by Gasteiger charge is -2.09. The Hall–Kier alpha value is -5.54. The Morgan fingerprint density at radius 1 is 0.390 bits per heavy atom. The molecule has 0 aliphatic carbocycles. The lowest BCUT2D eigenvalue weighted by atomic mass is 10.0. The molecule has 192 valence electrons. The van der Waals surface area contributed by atoms with Gasteiger partial charge in [-0.05, 0) is 77.9 Å². The van der Waals surface area contributed by atoms with E-state index in [9.17, 15) is 0 Å². The zero-order valence-electron chi connectivity index (χ0n) is 22.2. The molecule has 0 amide bonds. The topological polar surface area (TPSA) is 23.0 Å². The van der Waals surface area contributed by atoms with Crippen LogP contribution in [-0.2, 0) is 0 Å². The quantitative estimate of drug-likeness (QED) is 0.225. The first-order valence-electron chi connectivity index (χ1n) is 14.0. The predicted molar refractivity (Wildman–Crippen MR) is 170 cm³/mol. The van der Waals surface area contributed by atoms with Crippen molar-refractivity contribution in [3.63, 3.8) is 0 Å². The Morgan fingerprint density at radius 3 is 1.66 bits per heavy atom. The molecule has 0 radical (unpaired) electrons. The SMILES string of the molecule is c1ccc(-n2c3ccccc3c3cc(-c4ccc5oc6c7ccccc7n(-c7ccccc7)c6c5c4)ccc32)cc1. The van der Waals surface area contributed by atoms with E-state index in [1.165, 1.54) is 38.6 Å². The van der Waals surface area contributed by atoms with Crippen LogP contribution in [0.2, 0.25) is 0 Å². The van der Waals surface area contributed by atoms with Gasteiger partial charge in [-0.15, -0.1) is 0 Å². The van der Waals surface area contributed by atoms with Gasteiger partial charge in [0.05, 0.1) is 16.6 Å². The highest BCUT2D eigenvalue weighted by Crippen LogP contribution is 2.41. The van der Waals surface area contributed by atoms with E-state index in [-0.39, 0.29) is 0 Å². The number of benzene rings is 6. The van der Waals surface area contributed by atoms with Gasteiger partial charge in [0.1, 0.15) is 11.1 Å². The maximum Gasteiger partial charge on any atom is 0.161 e. The van der Waals surface area contributed by atoms with Crippen molar-refractivity contribution >= 4 is 54.8 Å². The van der Waals surface area contributed by atoms with E-state index in [2.05, 4.69) is 155 Å². The Morgan fingerprint density at radius 2 is 0.927 bits per heavy atom. The molecule has 0 saturated heterocycles. The summed E-state index contributed by atoms with van der Waals surface area (Å²) in [6.07, 6.45) is 0. The average Bonchev–Trinajstić information content (AvgIpc) is 3.68. The van der Waals surface area contributed by atoms with E-state index in [1.807, 2.05) is 0 Å². The monoisotopic (exact) mass is 524 g/mol. The van der Waals surface area contributed by atoms with Gasteiger partial charge >= 0.3 is 0 Å². The first-order valence-corrected chi connectivity index (χ1v) is 14.0. The molecule has 0 bridgehead atoms. The second-order valence-corrected chi connectivity index (χ2v) is 10.6. The molecular formula is C38H24N2O. The molecule has 3 nitrogen and oxygen atoms in total. The number of nitrogens with zero attached hydrogens (tertiary/aromatic N) is 2. The molecule has 0 N–H and O–H groups in total. The van der Waals surface area contributed by atoms with Crippen molar-refractivity contribution in [2.75, 3.05) is 0 Å². The molecule has 0 fully saturated rings. The Bertz CT molecular complexity index is 2410. The number of fused-ring (bicyclic) bond motifs is 8. The lowest BCUT2D eigenvalue weighted by molar-refractivity contribution is 0.673. The standard InChI is InChI=1S/C38H24N2O/c1-3-11-27(12-4-1)39-33-17-9-7-15-29(33)31-23-25(19-21-35(31)39)26-20-22-36-32(24-26)37-38(41-36)30-16-8-10-18-34(30)40(37)28-13-5-2-6-14-28/h1-24H. The van der Waals surface area contributed by atoms with Crippen LogP contribution in [0, 0.1) is 0 Å². The van der Waals surface area contributed by atoms with E-state index in [4.69, 9.17) is 4.42 Å². The summed E-state index contributed by atoms with van der Waals surface area (Å²) in [6, 6.07) is 51.7. The normalized spacial score (nSPS) is 11.9. The summed E-state index contributed by atoms with van der Waals surface area (Å²) in [4.78, 5) is 0. The smallest absolute Gasteiger partial charge is 0.161 e. The zero-order chi connectivity index (χ0) is 26.9. The summed E-state index contributed by atoms with van der Waals surface area (Å²) < 4.78 is 11.2. The maximum atomic E-state index is 6.51. The van der Waals surface area contributed by atoms with E-state index in [0.717, 1.165) is 38.7 Å². The third-order valence-corrected chi connectivity index (χ3v) is 8.31. The number of hydrogen-bond acceptors (Lipinski definition) is 1. The minimum atomic E-state index is 0.899. The fourth-order valence-corrected chi connectivity index (χ4v) is 6.50. The highest BCUT2D eigenvalue weighted by Gasteiger charge is 2.20. The first-order chi connectivity index (χ1) is 20.3. The molecule has 0 saturated carbocycles. The summed E-state index contributed by atoms with van der Waals surface area (Å²) in [6.45, 7) is 0. The molecule has 0 atom stereocenters. The van der Waals surface area contributed by atoms with Gasteiger partial charge in [-0.3, -0.25) is 0 Å². The van der Waals surface area contributed by atoms with E-state index in [0.29, 0.717) is 0 Å². The molecular weight excluding hydrogens is 500 g/mol. The van der Waals surface area contributed by atoms with Gasteiger partial charge in [-0.1, -0.05) is 78.9 Å². The van der Waals surface area contributed by atoms with Crippen molar-refractivity contribution in [3.05, 3.63) is 146 Å². The Kier molecular flexibility index (Phi) is 4.61. The van der Waals surface area contributed by atoms with Crippen LogP contribution >= 0.6 is 0 Å². The largest absolute Gasteiger partial charge is 0.454 e. The average molecular weight is 525 g/mol. The minimum Gasteiger partial charge on any atom is -0.454 e. The van der Waals surface area contributed by atoms with Crippen molar-refractivity contribution in [3.8, 4) is 22.5 Å². The van der Waals surface area contributed by atoms with Crippen LogP contribution in [-0.4, -0.2) is 9.13 Å². The van der Waals surface area contributed by atoms with Gasteiger partial charge in [0, 0.05) is 32.9 Å². The fourth-order valence-electron chi connectivity index (χ4n) is 6.50. The fraction of sp³-hybridized carbons (Fsp3) is 0. The number of rotatable bonds is 3. The van der Waals surface area contributed by atoms with Gasteiger partial charge in [0.15, 0.2) is 5.58 Å². The van der Waals surface area contributed by atoms with Gasteiger partial charge in [0.2, 0.25) is 0 Å². The lowest BCUT2D eigenvalue weighted by Crippen LogP contribution is -1.93. The molecule has 3 aromatic heterocycles. The van der Waals surface area contributed by atoms with Crippen LogP contribution in [0.25, 0.3) is 77.3 Å². The van der Waals surface area contributed by atoms with Gasteiger partial charge in [-0.25, -0.2) is 0 Å². The van der Waals surface area contributed by atoms with E-state index in [1.54, 1.807) is 0 Å². The summed E-state index contributed by atoms with van der Waals surface area (Å²) in [5.74, 6) is 0. The van der Waals surface area contributed by atoms with Crippen molar-refractivity contribution in [1.29, 1.82) is 0 Å². The third-order valence-electron chi connectivity index (χ3n) is 8.31. The van der Waals surface area contributed by atoms with Crippen LogP contribution in [0.15, 0.2) is 150 Å². The highest BCUT2D eigenvalue weighted by molar-refractivity contribution is 6.17. The van der Waals surface area contributed by atoms with Gasteiger partial charge in [0.25, 0.3) is 0 Å². The van der Waals surface area contributed by atoms with E-state index >= 15 is 0 Å². The van der Waals surface area contributed by atoms with Crippen molar-refractivity contribution in [1.82, 2.24) is 9.13 Å². The molecule has 0 aliphatic rings. The highest BCUT2D eigenvalue weighted by atomic mass is 16.3. The summed E-state index contributed by atoms with van der Waals surface area (Å²) in [7, 11) is 0. The van der Waals surface area contributed by atoms with Crippen LogP contribution in [0.3, 0.4) is 0 Å². The van der Waals surface area contributed by atoms with Crippen molar-refractivity contribution in [2.24, 2.45) is 0 Å². The molecule has 9 aromatic rings. The third kappa shape index (κ3) is 3.20. The molecule has 0 spiro atoms. The number of para-hydroxylation sites is 4. The Labute approximate surface area is 236 Å². The predicted octanol–water partition coefficient (Wildman–Crippen LogP) is 10.3. The number of furan rings is 1. The van der Waals surface area contributed by atoms with Crippen LogP contribution in [0.1, 0.15) is 0 Å². The molecule has 3 heteroatoms. The van der Waals surface area contributed by atoms with Crippen LogP contribution < -0.4 is 0 Å². The molecule has 3 heterocycles. The Balaban J connectivity index is 1.30. The second kappa shape index (κ2) is 8.48. The van der Waals surface area contributed by atoms with Crippen LogP contribution in [0.4, 0.5) is 0 Å². The summed E-state index contributed by atoms with van der Waals surface area (Å²) in [5.41, 5.74) is 11.2. The number of aromatic nitrogens is 2. The molecule has 0 unspecified atom stereocenters. The van der Waals surface area contributed by atoms with Crippen molar-refractivity contribution in [2.45, 2.75) is 0 Å². The van der Waals surface area contributed by atoms with Gasteiger partial charge in [-0.2, -0.15) is 0 Å². The minimum absolute atomic E-state index is 0.899. The zero-order valence-corrected chi connectivity index (χ0v) is 22.2. The molecule has 0 aliphatic heterocycles. The molecule has 41 heavy (non-hydrogen) atoms. The van der Waals surface area contributed by atoms with E-state index < -0.39 is 0 Å². The summed E-state index contributed by atoms with van der Waals surface area (Å²) in [5, 5.41) is 4.74. The van der Waals surface area contributed by atoms with Gasteiger partial charge < -0.3 is 13.6 Å². The molecule has 6 aromatic carbocycles. The second-order valence-electron chi connectivity index (χ2n) is 10.6. The maximum absolute atomic E-state index is 6.51. The van der Waals surface area contributed by atoms with Crippen molar-refractivity contribution < 1.29 is 4.42 Å². The first kappa shape index (κ1) is 22.3.